The summed E-state index contributed by atoms with van der Waals surface area (Å²) in [6.07, 6.45) is 2.03. The maximum Gasteiger partial charge on any atom is 0.341 e. The van der Waals surface area contributed by atoms with Gasteiger partial charge in [-0.1, -0.05) is 37.3 Å². The first-order valence-electron chi connectivity index (χ1n) is 10.5. The van der Waals surface area contributed by atoms with Crippen LogP contribution in [0.25, 0.3) is 0 Å². The fourth-order valence-corrected chi connectivity index (χ4v) is 3.69. The lowest BCUT2D eigenvalue weighted by Crippen LogP contribution is -2.44. The second-order valence-electron chi connectivity index (χ2n) is 7.29. The number of carbonyl (C=O) groups is 2. The van der Waals surface area contributed by atoms with Crippen molar-refractivity contribution in [2.75, 3.05) is 31.7 Å². The number of esters is 1. The van der Waals surface area contributed by atoms with Gasteiger partial charge in [-0.3, -0.25) is 4.79 Å². The highest BCUT2D eigenvalue weighted by atomic mass is 16.5. The third kappa shape index (κ3) is 4.82. The van der Waals surface area contributed by atoms with Crippen molar-refractivity contribution in [3.63, 3.8) is 0 Å². The van der Waals surface area contributed by atoms with Crippen LogP contribution < -0.4 is 10.1 Å². The van der Waals surface area contributed by atoms with Crippen molar-refractivity contribution in [3.05, 3.63) is 59.7 Å². The normalized spacial score (nSPS) is 15.3. The molecular formula is C24H29NO5. The molecule has 1 N–H and O–H groups in total. The van der Waals surface area contributed by atoms with Gasteiger partial charge in [-0.2, -0.15) is 0 Å². The van der Waals surface area contributed by atoms with Crippen LogP contribution in [0, 0.1) is 0 Å². The van der Waals surface area contributed by atoms with E-state index in [0.717, 1.165) is 12.0 Å². The van der Waals surface area contributed by atoms with Crippen molar-refractivity contribution in [1.29, 1.82) is 0 Å². The highest BCUT2D eigenvalue weighted by molar-refractivity contribution is 6.01. The van der Waals surface area contributed by atoms with Crippen molar-refractivity contribution < 1.29 is 23.8 Å². The van der Waals surface area contributed by atoms with Crippen LogP contribution in [0.2, 0.25) is 0 Å². The van der Waals surface area contributed by atoms with Gasteiger partial charge in [-0.05, 0) is 49.9 Å². The van der Waals surface area contributed by atoms with Crippen LogP contribution in [0.15, 0.2) is 48.5 Å². The first-order chi connectivity index (χ1) is 14.6. The molecule has 0 bridgehead atoms. The standard InChI is InChI=1S/C24H29NO5/c1-3-14-30-21-11-10-19(17-20(21)22(26)29-4-2)25-23(27)24(12-15-28-16-13-24)18-8-6-5-7-9-18/h5-11,17H,3-4,12-16H2,1-2H3,(H,25,27). The molecule has 1 aliphatic rings. The van der Waals surface area contributed by atoms with Crippen molar-refractivity contribution in [2.24, 2.45) is 0 Å². The van der Waals surface area contributed by atoms with E-state index in [4.69, 9.17) is 14.2 Å². The van der Waals surface area contributed by atoms with Gasteiger partial charge in [0.05, 0.1) is 18.6 Å². The maximum atomic E-state index is 13.4. The molecule has 2 aromatic rings. The van der Waals surface area contributed by atoms with E-state index >= 15 is 0 Å². The van der Waals surface area contributed by atoms with Crippen LogP contribution in [-0.4, -0.2) is 38.3 Å². The zero-order valence-corrected chi connectivity index (χ0v) is 17.6. The van der Waals surface area contributed by atoms with Gasteiger partial charge in [0, 0.05) is 18.9 Å². The maximum absolute atomic E-state index is 13.4. The summed E-state index contributed by atoms with van der Waals surface area (Å²) in [5.74, 6) is -0.116. The molecule has 30 heavy (non-hydrogen) atoms. The number of rotatable bonds is 8. The first kappa shape index (κ1) is 21.8. The highest BCUT2D eigenvalue weighted by Crippen LogP contribution is 2.36. The molecule has 1 heterocycles. The quantitative estimate of drug-likeness (QED) is 0.654. The van der Waals surface area contributed by atoms with Gasteiger partial charge in [-0.15, -0.1) is 0 Å². The molecule has 1 saturated heterocycles. The SMILES string of the molecule is CCCOc1ccc(NC(=O)C2(c3ccccc3)CCOCC2)cc1C(=O)OCC. The number of anilines is 1. The molecule has 0 saturated carbocycles. The molecule has 0 aliphatic carbocycles. The minimum Gasteiger partial charge on any atom is -0.493 e. The molecule has 1 fully saturated rings. The Bertz CT molecular complexity index is 859. The molecule has 0 unspecified atom stereocenters. The topological polar surface area (TPSA) is 73.9 Å². The van der Waals surface area contributed by atoms with E-state index in [1.165, 1.54) is 0 Å². The Labute approximate surface area is 177 Å². The van der Waals surface area contributed by atoms with Gasteiger partial charge in [-0.25, -0.2) is 4.79 Å². The largest absolute Gasteiger partial charge is 0.493 e. The van der Waals surface area contributed by atoms with Gasteiger partial charge in [0.2, 0.25) is 5.91 Å². The van der Waals surface area contributed by atoms with E-state index in [0.29, 0.717) is 49.7 Å². The minimum absolute atomic E-state index is 0.103. The lowest BCUT2D eigenvalue weighted by molar-refractivity contribution is -0.125. The van der Waals surface area contributed by atoms with Gasteiger partial charge < -0.3 is 19.5 Å². The van der Waals surface area contributed by atoms with Crippen molar-refractivity contribution in [3.8, 4) is 5.75 Å². The number of ether oxygens (including phenoxy) is 3. The molecule has 0 atom stereocenters. The summed E-state index contributed by atoms with van der Waals surface area (Å²) in [5, 5.41) is 3.01. The van der Waals surface area contributed by atoms with Crippen LogP contribution in [-0.2, 0) is 19.7 Å². The molecule has 0 radical (unpaired) electrons. The molecule has 6 heteroatoms. The number of hydrogen-bond acceptors (Lipinski definition) is 5. The summed E-state index contributed by atoms with van der Waals surface area (Å²) in [5.41, 5.74) is 1.15. The molecular weight excluding hydrogens is 382 g/mol. The second kappa shape index (κ2) is 10.3. The molecule has 6 nitrogen and oxygen atoms in total. The average Bonchev–Trinajstić information content (AvgIpc) is 2.79. The Morgan fingerprint density at radius 3 is 2.47 bits per heavy atom. The summed E-state index contributed by atoms with van der Waals surface area (Å²) < 4.78 is 16.4. The van der Waals surface area contributed by atoms with Crippen LogP contribution in [0.3, 0.4) is 0 Å². The Hall–Kier alpha value is -2.86. The fraction of sp³-hybridized carbons (Fsp3) is 0.417. The van der Waals surface area contributed by atoms with Gasteiger partial charge >= 0.3 is 5.97 Å². The monoisotopic (exact) mass is 411 g/mol. The summed E-state index contributed by atoms with van der Waals surface area (Å²) in [4.78, 5) is 25.9. The smallest absolute Gasteiger partial charge is 0.341 e. The molecule has 1 aliphatic heterocycles. The van der Waals surface area contributed by atoms with E-state index in [2.05, 4.69) is 5.32 Å². The number of carbonyl (C=O) groups excluding carboxylic acids is 2. The number of hydrogen-bond donors (Lipinski definition) is 1. The van der Waals surface area contributed by atoms with Crippen molar-refractivity contribution in [1.82, 2.24) is 0 Å². The Morgan fingerprint density at radius 2 is 1.80 bits per heavy atom. The number of nitrogens with one attached hydrogen (secondary N) is 1. The van der Waals surface area contributed by atoms with Crippen molar-refractivity contribution >= 4 is 17.6 Å². The lowest BCUT2D eigenvalue weighted by Gasteiger charge is -2.36. The van der Waals surface area contributed by atoms with Gasteiger partial charge in [0.15, 0.2) is 0 Å². The van der Waals surface area contributed by atoms with E-state index in [-0.39, 0.29) is 12.5 Å². The van der Waals surface area contributed by atoms with Crippen LogP contribution in [0.1, 0.15) is 49.0 Å². The third-order valence-electron chi connectivity index (χ3n) is 5.30. The average molecular weight is 411 g/mol. The van der Waals surface area contributed by atoms with E-state index in [9.17, 15) is 9.59 Å². The van der Waals surface area contributed by atoms with E-state index in [1.54, 1.807) is 25.1 Å². The molecule has 0 spiro atoms. The first-order valence-corrected chi connectivity index (χ1v) is 10.5. The summed E-state index contributed by atoms with van der Waals surface area (Å²) in [7, 11) is 0. The van der Waals surface area contributed by atoms with Gasteiger partial charge in [0.1, 0.15) is 11.3 Å². The summed E-state index contributed by atoms with van der Waals surface area (Å²) >= 11 is 0. The molecule has 160 valence electrons. The third-order valence-corrected chi connectivity index (χ3v) is 5.30. The molecule has 2 aromatic carbocycles. The van der Waals surface area contributed by atoms with E-state index < -0.39 is 11.4 Å². The molecule has 0 aromatic heterocycles. The Balaban J connectivity index is 1.89. The summed E-state index contributed by atoms with van der Waals surface area (Å²) in [6.45, 7) is 5.57. The fourth-order valence-electron chi connectivity index (χ4n) is 3.69. The van der Waals surface area contributed by atoms with Crippen LogP contribution in [0.5, 0.6) is 5.75 Å². The Morgan fingerprint density at radius 1 is 1.07 bits per heavy atom. The Kier molecular flexibility index (Phi) is 7.46. The van der Waals surface area contributed by atoms with Gasteiger partial charge in [0.25, 0.3) is 0 Å². The number of amides is 1. The molecule has 3 rings (SSSR count). The van der Waals surface area contributed by atoms with Crippen molar-refractivity contribution in [2.45, 2.75) is 38.5 Å². The predicted molar refractivity (Wildman–Crippen MR) is 115 cm³/mol. The van der Waals surface area contributed by atoms with E-state index in [1.807, 2.05) is 37.3 Å². The van der Waals surface area contributed by atoms with Crippen LogP contribution >= 0.6 is 0 Å². The minimum atomic E-state index is -0.666. The zero-order valence-electron chi connectivity index (χ0n) is 17.6. The second-order valence-corrected chi connectivity index (χ2v) is 7.29. The number of benzene rings is 2. The highest BCUT2D eigenvalue weighted by Gasteiger charge is 2.41. The molecule has 1 amide bonds. The summed E-state index contributed by atoms with van der Waals surface area (Å²) in [6, 6.07) is 14.9. The lowest BCUT2D eigenvalue weighted by atomic mass is 9.73. The zero-order chi connectivity index (χ0) is 21.4. The van der Waals surface area contributed by atoms with Crippen LogP contribution in [0.4, 0.5) is 5.69 Å². The predicted octanol–water partition coefficient (Wildman–Crippen LogP) is 4.34.